The number of halogens is 1. The molecule has 2 rings (SSSR count). The lowest BCUT2D eigenvalue weighted by Gasteiger charge is -2.36. The summed E-state index contributed by atoms with van der Waals surface area (Å²) < 4.78 is 14.2. The number of epoxide rings is 1. The van der Waals surface area contributed by atoms with Crippen LogP contribution in [0.3, 0.4) is 0 Å². The number of carbonyl (C=O) groups excluding carboxylic acids is 2. The third kappa shape index (κ3) is 6.13. The van der Waals surface area contributed by atoms with Crippen molar-refractivity contribution in [1.82, 2.24) is 0 Å². The molecule has 0 bridgehead atoms. The van der Waals surface area contributed by atoms with Gasteiger partial charge in [-0.3, -0.25) is 9.59 Å². The number of carbonyl (C=O) groups is 2. The summed E-state index contributed by atoms with van der Waals surface area (Å²) in [6.07, 6.45) is 5.07. The van der Waals surface area contributed by atoms with Gasteiger partial charge in [0.1, 0.15) is 11.9 Å². The molecule has 0 N–H and O–H groups in total. The summed E-state index contributed by atoms with van der Waals surface area (Å²) in [6.45, 7) is 16.7. The van der Waals surface area contributed by atoms with Crippen LogP contribution >= 0.6 is 22.6 Å². The highest BCUT2D eigenvalue weighted by atomic mass is 127. The van der Waals surface area contributed by atoms with E-state index in [1.165, 1.54) is 0 Å². The molecule has 2 saturated heterocycles. The molecule has 31 heavy (non-hydrogen) atoms. The van der Waals surface area contributed by atoms with E-state index in [9.17, 15) is 9.59 Å². The molecule has 178 valence electrons. The van der Waals surface area contributed by atoms with E-state index >= 15 is 0 Å². The Balaban J connectivity index is 2.29. The van der Waals surface area contributed by atoms with Gasteiger partial charge in [0.15, 0.2) is 0 Å². The molecule has 0 spiro atoms. The second-order valence-electron chi connectivity index (χ2n) is 10.8. The molecule has 2 heterocycles. The molecule has 7 atom stereocenters. The molecular weight excluding hydrogens is 503 g/mol. The first-order valence-corrected chi connectivity index (χ1v) is 13.3. The van der Waals surface area contributed by atoms with E-state index < -0.39 is 5.41 Å². The molecule has 2 aliphatic rings. The second-order valence-corrected chi connectivity index (χ2v) is 11.4. The van der Waals surface area contributed by atoms with E-state index in [4.69, 9.17) is 9.47 Å². The number of fused-ring (bicyclic) bond motifs is 1. The van der Waals surface area contributed by atoms with Crippen molar-refractivity contribution in [2.45, 2.75) is 112 Å². The molecule has 0 unspecified atom stereocenters. The minimum atomic E-state index is -0.565. The van der Waals surface area contributed by atoms with Crippen molar-refractivity contribution in [2.75, 3.05) is 0 Å². The molecule has 0 aliphatic carbocycles. The van der Waals surface area contributed by atoms with Crippen LogP contribution in [0, 0.1) is 29.1 Å². The van der Waals surface area contributed by atoms with E-state index in [1.807, 2.05) is 31.8 Å². The summed E-state index contributed by atoms with van der Waals surface area (Å²) in [5.41, 5.74) is 0.409. The molecule has 4 nitrogen and oxygen atoms in total. The van der Waals surface area contributed by atoms with Crippen LogP contribution < -0.4 is 0 Å². The Morgan fingerprint density at radius 1 is 1.19 bits per heavy atom. The lowest BCUT2D eigenvalue weighted by atomic mass is 9.67. The number of ketones is 1. The van der Waals surface area contributed by atoms with Crippen molar-refractivity contribution in [3.63, 3.8) is 0 Å². The number of rotatable bonds is 2. The maximum Gasteiger partial charge on any atom is 0.306 e. The SMILES string of the molecule is CC[C@@]12CCC[C@H](C)[C@H](C)[C@@H](C)C(=O)C(C)(C)[C@@H](C)CC(=O)O[C@H](/C(C)=C/I)C[C@@H]1O2. The Bertz CT molecular complexity index is 685. The zero-order chi connectivity index (χ0) is 23.6. The molecule has 2 fully saturated rings. The minimum Gasteiger partial charge on any atom is -0.458 e. The zero-order valence-corrected chi connectivity index (χ0v) is 23.0. The normalized spacial score (nSPS) is 40.7. The van der Waals surface area contributed by atoms with Gasteiger partial charge in [-0.2, -0.15) is 0 Å². The summed E-state index contributed by atoms with van der Waals surface area (Å²) in [4.78, 5) is 26.3. The summed E-state index contributed by atoms with van der Waals surface area (Å²) in [7, 11) is 0. The van der Waals surface area contributed by atoms with Gasteiger partial charge in [-0.05, 0) is 47.2 Å². The maximum absolute atomic E-state index is 13.4. The van der Waals surface area contributed by atoms with Crippen molar-refractivity contribution < 1.29 is 19.1 Å². The van der Waals surface area contributed by atoms with Crippen molar-refractivity contribution in [1.29, 1.82) is 0 Å². The summed E-state index contributed by atoms with van der Waals surface area (Å²) in [5, 5.41) is 0. The number of hydrogen-bond acceptors (Lipinski definition) is 4. The van der Waals surface area contributed by atoms with Gasteiger partial charge in [0.05, 0.1) is 11.7 Å². The Kier molecular flexibility index (Phi) is 9.23. The van der Waals surface area contributed by atoms with Gasteiger partial charge in [-0.1, -0.05) is 83.9 Å². The van der Waals surface area contributed by atoms with E-state index in [0.717, 1.165) is 31.3 Å². The smallest absolute Gasteiger partial charge is 0.306 e. The quantitative estimate of drug-likeness (QED) is 0.215. The van der Waals surface area contributed by atoms with Gasteiger partial charge < -0.3 is 9.47 Å². The molecule has 5 heteroatoms. The number of Topliss-reactive ketones (excluding diaryl/α,β-unsaturated/α-hetero) is 1. The van der Waals surface area contributed by atoms with Gasteiger partial charge >= 0.3 is 5.97 Å². The number of ether oxygens (including phenoxy) is 2. The van der Waals surface area contributed by atoms with Gasteiger partial charge in [-0.15, -0.1) is 0 Å². The van der Waals surface area contributed by atoms with Crippen molar-refractivity contribution in [3.05, 3.63) is 9.66 Å². The van der Waals surface area contributed by atoms with Crippen LogP contribution in [-0.4, -0.2) is 29.6 Å². The third-order valence-electron chi connectivity index (χ3n) is 8.59. The van der Waals surface area contributed by atoms with Crippen LogP contribution in [0.2, 0.25) is 0 Å². The topological polar surface area (TPSA) is 55.9 Å². The molecule has 0 radical (unpaired) electrons. The monoisotopic (exact) mass is 546 g/mol. The molecule has 2 aliphatic heterocycles. The Labute approximate surface area is 203 Å². The van der Waals surface area contributed by atoms with Crippen LogP contribution in [0.15, 0.2) is 9.66 Å². The van der Waals surface area contributed by atoms with E-state index in [-0.39, 0.29) is 47.8 Å². The van der Waals surface area contributed by atoms with Gasteiger partial charge in [0, 0.05) is 24.2 Å². The fourth-order valence-corrected chi connectivity index (χ4v) is 5.47. The number of cyclic esters (lactones) is 1. The predicted molar refractivity (Wildman–Crippen MR) is 134 cm³/mol. The van der Waals surface area contributed by atoms with Gasteiger partial charge in [0.2, 0.25) is 0 Å². The van der Waals surface area contributed by atoms with E-state index in [2.05, 4.69) is 50.3 Å². The summed E-state index contributed by atoms with van der Waals surface area (Å²) in [5.74, 6) is 0.717. The Hall–Kier alpha value is -0.430. The van der Waals surface area contributed by atoms with Crippen molar-refractivity contribution in [2.24, 2.45) is 29.1 Å². The van der Waals surface area contributed by atoms with Crippen LogP contribution in [0.25, 0.3) is 0 Å². The van der Waals surface area contributed by atoms with Crippen LogP contribution in [0.4, 0.5) is 0 Å². The van der Waals surface area contributed by atoms with Gasteiger partial charge in [-0.25, -0.2) is 0 Å². The predicted octanol–water partition coefficient (Wildman–Crippen LogP) is 6.89. The first-order valence-electron chi connectivity index (χ1n) is 12.1. The van der Waals surface area contributed by atoms with Crippen LogP contribution in [-0.2, 0) is 19.1 Å². The zero-order valence-electron chi connectivity index (χ0n) is 20.8. The first-order chi connectivity index (χ1) is 14.4. The summed E-state index contributed by atoms with van der Waals surface area (Å²) in [6, 6.07) is 0. The van der Waals surface area contributed by atoms with Crippen LogP contribution in [0.5, 0.6) is 0 Å². The molecule has 0 aromatic carbocycles. The number of hydrogen-bond donors (Lipinski definition) is 0. The second kappa shape index (κ2) is 10.7. The fourth-order valence-electron chi connectivity index (χ4n) is 5.07. The molecular formula is C26H43IO4. The first kappa shape index (κ1) is 26.8. The lowest BCUT2D eigenvalue weighted by Crippen LogP contribution is -2.40. The average Bonchev–Trinajstić information content (AvgIpc) is 3.42. The Morgan fingerprint density at radius 2 is 1.84 bits per heavy atom. The minimum absolute atomic E-state index is 0.0293. The van der Waals surface area contributed by atoms with Crippen molar-refractivity contribution in [3.8, 4) is 0 Å². The van der Waals surface area contributed by atoms with E-state index in [0.29, 0.717) is 18.3 Å². The molecule has 0 aromatic heterocycles. The Morgan fingerprint density at radius 3 is 2.42 bits per heavy atom. The summed E-state index contributed by atoms with van der Waals surface area (Å²) >= 11 is 2.21. The molecule has 0 aromatic rings. The number of esters is 1. The lowest BCUT2D eigenvalue weighted by molar-refractivity contribution is -0.150. The van der Waals surface area contributed by atoms with E-state index in [1.54, 1.807) is 0 Å². The van der Waals surface area contributed by atoms with Crippen molar-refractivity contribution >= 4 is 34.3 Å². The third-order valence-corrected chi connectivity index (χ3v) is 9.57. The highest BCUT2D eigenvalue weighted by Crippen LogP contribution is 2.48. The fraction of sp³-hybridized carbons (Fsp3) is 0.846. The van der Waals surface area contributed by atoms with Crippen LogP contribution in [0.1, 0.15) is 93.9 Å². The molecule has 0 amide bonds. The highest BCUT2D eigenvalue weighted by Gasteiger charge is 2.55. The standard InChI is InChI=1S/C26H43IO4/c1-9-26-12-10-11-16(2)19(5)20(6)24(29)25(7,8)18(4)13-23(28)30-21(17(3)15-27)14-22(26)31-26/h15-16,18-22H,9-14H2,1-8H3/b17-15+/t16-,18-,19-,20+,21-,22-,26+/m0/s1. The van der Waals surface area contributed by atoms with Gasteiger partial charge in [0.25, 0.3) is 0 Å². The average molecular weight is 547 g/mol. The molecule has 0 saturated carbocycles. The largest absolute Gasteiger partial charge is 0.458 e. The maximum atomic E-state index is 13.4. The highest BCUT2D eigenvalue weighted by molar-refractivity contribution is 14.1.